The first-order valence-electron chi connectivity index (χ1n) is 11.4. The maximum absolute atomic E-state index is 10.9. The summed E-state index contributed by atoms with van der Waals surface area (Å²) in [4.78, 5) is 15.4. The molecule has 0 aliphatic heterocycles. The molecule has 0 aliphatic rings. The number of carbonyl (C=O) groups is 1. The van der Waals surface area contributed by atoms with Crippen molar-refractivity contribution in [2.24, 2.45) is 4.99 Å². The molecular weight excluding hydrogens is 410 g/mol. The summed E-state index contributed by atoms with van der Waals surface area (Å²) in [6.07, 6.45) is 9.15. The third-order valence-electron chi connectivity index (χ3n) is 4.59. The third-order valence-corrected chi connectivity index (χ3v) is 4.59. The standard InChI is InChI=1S/C29H31NO3/c1-3-5-9-22-30-27-18-14-25(15-19-27)12-7-8-13-26-16-20-28(21-17-26)32-23-10-6-11-24-33-29(31)4-2/h4,14-22H,2-3,5-6,9-11,23-24H2,1H3. The Balaban J connectivity index is 1.71. The summed E-state index contributed by atoms with van der Waals surface area (Å²) in [6.45, 7) is 6.57. The Kier molecular flexibility index (Phi) is 12.3. The molecule has 0 spiro atoms. The minimum Gasteiger partial charge on any atom is -0.494 e. The van der Waals surface area contributed by atoms with Gasteiger partial charge in [-0.1, -0.05) is 31.8 Å². The molecule has 0 amide bonds. The fourth-order valence-electron chi connectivity index (χ4n) is 2.74. The molecule has 0 saturated carbocycles. The van der Waals surface area contributed by atoms with Crippen LogP contribution < -0.4 is 4.74 Å². The van der Waals surface area contributed by atoms with Crippen LogP contribution in [0.15, 0.2) is 66.2 Å². The first-order chi connectivity index (χ1) is 16.2. The van der Waals surface area contributed by atoms with Crippen molar-refractivity contribution in [2.75, 3.05) is 13.2 Å². The van der Waals surface area contributed by atoms with E-state index in [4.69, 9.17) is 9.47 Å². The molecule has 170 valence electrons. The molecule has 2 aromatic carbocycles. The summed E-state index contributed by atoms with van der Waals surface area (Å²) in [6, 6.07) is 15.5. The van der Waals surface area contributed by atoms with Crippen molar-refractivity contribution in [3.05, 3.63) is 72.3 Å². The molecule has 0 aliphatic carbocycles. The van der Waals surface area contributed by atoms with E-state index in [1.54, 1.807) is 0 Å². The van der Waals surface area contributed by atoms with Crippen LogP contribution in [-0.4, -0.2) is 25.4 Å². The van der Waals surface area contributed by atoms with Crippen LogP contribution in [0, 0.1) is 23.7 Å². The first kappa shape index (κ1) is 25.5. The van der Waals surface area contributed by atoms with Crippen LogP contribution in [0.2, 0.25) is 0 Å². The summed E-state index contributed by atoms with van der Waals surface area (Å²) in [5.41, 5.74) is 2.75. The predicted molar refractivity (Wildman–Crippen MR) is 135 cm³/mol. The molecule has 0 heterocycles. The van der Waals surface area contributed by atoms with Crippen LogP contribution in [0.5, 0.6) is 5.75 Å². The van der Waals surface area contributed by atoms with E-state index in [1.165, 1.54) is 18.9 Å². The highest BCUT2D eigenvalue weighted by Crippen LogP contribution is 2.13. The van der Waals surface area contributed by atoms with Crippen LogP contribution in [-0.2, 0) is 9.53 Å². The van der Waals surface area contributed by atoms with Gasteiger partial charge in [0, 0.05) is 23.4 Å². The van der Waals surface area contributed by atoms with Gasteiger partial charge >= 0.3 is 5.97 Å². The van der Waals surface area contributed by atoms with Gasteiger partial charge in [0.2, 0.25) is 0 Å². The van der Waals surface area contributed by atoms with Crippen molar-refractivity contribution in [1.29, 1.82) is 0 Å². The van der Waals surface area contributed by atoms with Crippen molar-refractivity contribution >= 4 is 17.9 Å². The zero-order valence-corrected chi connectivity index (χ0v) is 19.3. The quantitative estimate of drug-likeness (QED) is 0.128. The SMILES string of the molecule is C=CC(=O)OCCCCCOc1ccc(C#CC#Cc2ccc(N=CCCCC)cc2)cc1. The number of ether oxygens (including phenoxy) is 2. The number of hydrogen-bond acceptors (Lipinski definition) is 4. The minimum absolute atomic E-state index is 0.377. The van der Waals surface area contributed by atoms with Crippen molar-refractivity contribution < 1.29 is 14.3 Å². The Bertz CT molecular complexity index is 1010. The fourth-order valence-corrected chi connectivity index (χ4v) is 2.74. The smallest absolute Gasteiger partial charge is 0.330 e. The fraction of sp³-hybridized carbons (Fsp3) is 0.310. The monoisotopic (exact) mass is 441 g/mol. The van der Waals surface area contributed by atoms with Crippen molar-refractivity contribution in [3.8, 4) is 29.4 Å². The van der Waals surface area contributed by atoms with Gasteiger partial charge in [-0.3, -0.25) is 4.99 Å². The van der Waals surface area contributed by atoms with E-state index in [2.05, 4.69) is 42.2 Å². The Morgan fingerprint density at radius 2 is 1.55 bits per heavy atom. The molecule has 0 N–H and O–H groups in total. The number of esters is 1. The van der Waals surface area contributed by atoms with E-state index < -0.39 is 0 Å². The molecule has 2 aromatic rings. The summed E-state index contributed by atoms with van der Waals surface area (Å²) in [5, 5.41) is 0. The van der Waals surface area contributed by atoms with Crippen molar-refractivity contribution in [3.63, 3.8) is 0 Å². The number of unbranched alkanes of at least 4 members (excludes halogenated alkanes) is 4. The Hall–Kier alpha value is -3.76. The van der Waals surface area contributed by atoms with E-state index in [1.807, 2.05) is 54.7 Å². The maximum Gasteiger partial charge on any atom is 0.330 e. The van der Waals surface area contributed by atoms with Crippen LogP contribution in [0.4, 0.5) is 5.69 Å². The van der Waals surface area contributed by atoms with E-state index in [-0.39, 0.29) is 5.97 Å². The average Bonchev–Trinajstić information content (AvgIpc) is 2.85. The zero-order valence-electron chi connectivity index (χ0n) is 19.3. The normalized spacial score (nSPS) is 9.97. The lowest BCUT2D eigenvalue weighted by Gasteiger charge is -2.06. The van der Waals surface area contributed by atoms with E-state index in [0.717, 1.165) is 48.2 Å². The van der Waals surface area contributed by atoms with Gasteiger partial charge in [0.25, 0.3) is 0 Å². The molecule has 4 heteroatoms. The number of aliphatic imine (C=N–C) groups is 1. The molecular formula is C29H31NO3. The largest absolute Gasteiger partial charge is 0.494 e. The van der Waals surface area contributed by atoms with E-state index >= 15 is 0 Å². The Morgan fingerprint density at radius 1 is 0.909 bits per heavy atom. The summed E-state index contributed by atoms with van der Waals surface area (Å²) < 4.78 is 10.7. The Morgan fingerprint density at radius 3 is 2.18 bits per heavy atom. The third kappa shape index (κ3) is 11.4. The molecule has 4 nitrogen and oxygen atoms in total. The molecule has 0 radical (unpaired) electrons. The van der Waals surface area contributed by atoms with Crippen LogP contribution in [0.25, 0.3) is 0 Å². The second-order valence-electron chi connectivity index (χ2n) is 7.31. The van der Waals surface area contributed by atoms with Gasteiger partial charge in [-0.15, -0.1) is 0 Å². The predicted octanol–water partition coefficient (Wildman–Crippen LogP) is 6.26. The minimum atomic E-state index is -0.377. The first-order valence-corrected chi connectivity index (χ1v) is 11.4. The summed E-state index contributed by atoms with van der Waals surface area (Å²) in [7, 11) is 0. The van der Waals surface area contributed by atoms with Crippen LogP contribution in [0.3, 0.4) is 0 Å². The average molecular weight is 442 g/mol. The molecule has 0 saturated heterocycles. The lowest BCUT2D eigenvalue weighted by atomic mass is 10.2. The van der Waals surface area contributed by atoms with Gasteiger partial charge in [0.05, 0.1) is 18.9 Å². The maximum atomic E-state index is 10.9. The lowest BCUT2D eigenvalue weighted by Crippen LogP contribution is -2.03. The number of rotatable bonds is 12. The van der Waals surface area contributed by atoms with Crippen molar-refractivity contribution in [1.82, 2.24) is 0 Å². The molecule has 0 unspecified atom stereocenters. The summed E-state index contributed by atoms with van der Waals surface area (Å²) in [5.74, 6) is 12.3. The number of carbonyl (C=O) groups excluding carboxylic acids is 1. The Labute approximate surface area is 197 Å². The number of benzene rings is 2. The van der Waals surface area contributed by atoms with Crippen LogP contribution in [0.1, 0.15) is 56.6 Å². The van der Waals surface area contributed by atoms with Gasteiger partial charge in [0.15, 0.2) is 0 Å². The van der Waals surface area contributed by atoms with Gasteiger partial charge in [-0.25, -0.2) is 4.79 Å². The second-order valence-corrected chi connectivity index (χ2v) is 7.31. The number of nitrogens with zero attached hydrogens (tertiary/aromatic N) is 1. The van der Waals surface area contributed by atoms with Gasteiger partial charge < -0.3 is 9.47 Å². The number of hydrogen-bond donors (Lipinski definition) is 0. The molecule has 33 heavy (non-hydrogen) atoms. The van der Waals surface area contributed by atoms with E-state index in [9.17, 15) is 4.79 Å². The zero-order chi connectivity index (χ0) is 23.6. The van der Waals surface area contributed by atoms with Crippen LogP contribution >= 0.6 is 0 Å². The topological polar surface area (TPSA) is 47.9 Å². The van der Waals surface area contributed by atoms with Gasteiger partial charge in [-0.2, -0.15) is 0 Å². The highest BCUT2D eigenvalue weighted by molar-refractivity contribution is 5.81. The highest BCUT2D eigenvalue weighted by atomic mass is 16.5. The molecule has 0 bridgehead atoms. The lowest BCUT2D eigenvalue weighted by molar-refractivity contribution is -0.137. The molecule has 0 atom stereocenters. The molecule has 0 aromatic heterocycles. The van der Waals surface area contributed by atoms with Gasteiger partial charge in [0.1, 0.15) is 5.75 Å². The molecule has 2 rings (SSSR count). The molecule has 0 fully saturated rings. The summed E-state index contributed by atoms with van der Waals surface area (Å²) >= 11 is 0. The van der Waals surface area contributed by atoms with Gasteiger partial charge in [-0.05, 0) is 92.5 Å². The van der Waals surface area contributed by atoms with Crippen molar-refractivity contribution in [2.45, 2.75) is 45.4 Å². The van der Waals surface area contributed by atoms with E-state index in [0.29, 0.717) is 13.2 Å². The second kappa shape index (κ2) is 16.0. The highest BCUT2D eigenvalue weighted by Gasteiger charge is 1.97.